The van der Waals surface area contributed by atoms with Gasteiger partial charge in [0, 0.05) is 0 Å². The highest BCUT2D eigenvalue weighted by Gasteiger charge is 2.13. The molecule has 0 spiro atoms. The van der Waals surface area contributed by atoms with Gasteiger partial charge in [-0.2, -0.15) is 4.39 Å². The molecule has 0 aliphatic rings. The van der Waals surface area contributed by atoms with Gasteiger partial charge in [-0.25, -0.2) is 9.18 Å². The van der Waals surface area contributed by atoms with Gasteiger partial charge in [0.15, 0.2) is 17.3 Å². The molecule has 20 heavy (non-hydrogen) atoms. The Balaban J connectivity index is 2.30. The predicted octanol–water partition coefficient (Wildman–Crippen LogP) is 3.13. The van der Waals surface area contributed by atoms with Crippen molar-refractivity contribution >= 4 is 11.7 Å². The molecule has 0 bridgehead atoms. The molecule has 2 aromatic rings. The minimum atomic E-state index is -1.11. The van der Waals surface area contributed by atoms with Gasteiger partial charge in [0.1, 0.15) is 0 Å². The van der Waals surface area contributed by atoms with Crippen LogP contribution in [0.25, 0.3) is 0 Å². The molecule has 4 nitrogen and oxygen atoms in total. The number of esters is 1. The van der Waals surface area contributed by atoms with E-state index >= 15 is 0 Å². The van der Waals surface area contributed by atoms with E-state index in [1.54, 1.807) is 0 Å². The molecule has 104 valence electrons. The lowest BCUT2D eigenvalue weighted by molar-refractivity contribution is 0.0601. The molecule has 0 amide bonds. The molecule has 0 unspecified atom stereocenters. The number of benzene rings is 2. The average Bonchev–Trinajstić information content (AvgIpc) is 2.45. The summed E-state index contributed by atoms with van der Waals surface area (Å²) >= 11 is 0. The summed E-state index contributed by atoms with van der Waals surface area (Å²) in [5.41, 5.74) is 6.04. The van der Waals surface area contributed by atoms with E-state index in [0.29, 0.717) is 0 Å². The Labute approximate surface area is 113 Å². The zero-order valence-electron chi connectivity index (χ0n) is 10.5. The first-order chi connectivity index (χ1) is 9.52. The summed E-state index contributed by atoms with van der Waals surface area (Å²) in [5, 5.41) is 0. The summed E-state index contributed by atoms with van der Waals surface area (Å²) in [5.74, 6) is -2.86. The summed E-state index contributed by atoms with van der Waals surface area (Å²) in [6, 6.07) is 7.68. The van der Waals surface area contributed by atoms with Crippen molar-refractivity contribution in [3.8, 4) is 11.5 Å². The van der Waals surface area contributed by atoms with Crippen molar-refractivity contribution in [1.82, 2.24) is 0 Å². The summed E-state index contributed by atoms with van der Waals surface area (Å²) in [6.45, 7) is 0. The first-order valence-corrected chi connectivity index (χ1v) is 5.62. The van der Waals surface area contributed by atoms with Gasteiger partial charge in [-0.05, 0) is 30.3 Å². The van der Waals surface area contributed by atoms with Crippen molar-refractivity contribution in [2.24, 2.45) is 0 Å². The first-order valence-electron chi connectivity index (χ1n) is 5.62. The number of ether oxygens (including phenoxy) is 2. The van der Waals surface area contributed by atoms with Crippen LogP contribution in [0.5, 0.6) is 11.5 Å². The van der Waals surface area contributed by atoms with Gasteiger partial charge in [0.05, 0.1) is 18.4 Å². The van der Waals surface area contributed by atoms with E-state index in [0.717, 1.165) is 6.07 Å². The molecular formula is C14H11F2NO3. The van der Waals surface area contributed by atoms with E-state index in [-0.39, 0.29) is 22.7 Å². The second-order valence-electron chi connectivity index (χ2n) is 3.90. The molecule has 6 heteroatoms. The number of halogens is 2. The van der Waals surface area contributed by atoms with Crippen LogP contribution in [0.15, 0.2) is 36.4 Å². The number of carbonyl (C=O) groups is 1. The third-order valence-electron chi connectivity index (χ3n) is 2.57. The predicted molar refractivity (Wildman–Crippen MR) is 68.6 cm³/mol. The molecular weight excluding hydrogens is 268 g/mol. The fourth-order valence-corrected chi connectivity index (χ4v) is 1.57. The molecule has 0 aliphatic heterocycles. The molecule has 0 saturated heterocycles. The second-order valence-corrected chi connectivity index (χ2v) is 3.90. The number of hydrogen-bond acceptors (Lipinski definition) is 4. The topological polar surface area (TPSA) is 61.5 Å². The van der Waals surface area contributed by atoms with Crippen molar-refractivity contribution in [3.63, 3.8) is 0 Å². The molecule has 2 N–H and O–H groups in total. The lowest BCUT2D eigenvalue weighted by atomic mass is 10.2. The summed E-state index contributed by atoms with van der Waals surface area (Å²) in [6.07, 6.45) is 0. The Hall–Kier alpha value is -2.63. The fraction of sp³-hybridized carbons (Fsp3) is 0.0714. The molecule has 0 heterocycles. The van der Waals surface area contributed by atoms with Crippen molar-refractivity contribution in [2.45, 2.75) is 0 Å². The smallest absolute Gasteiger partial charge is 0.337 e. The van der Waals surface area contributed by atoms with Gasteiger partial charge in [-0.3, -0.25) is 0 Å². The van der Waals surface area contributed by atoms with Crippen LogP contribution in [0.3, 0.4) is 0 Å². The Kier molecular flexibility index (Phi) is 3.84. The molecule has 2 aromatic carbocycles. The van der Waals surface area contributed by atoms with E-state index in [2.05, 4.69) is 4.74 Å². The highest BCUT2D eigenvalue weighted by molar-refractivity contribution is 5.90. The number of hydrogen-bond donors (Lipinski definition) is 1. The van der Waals surface area contributed by atoms with E-state index < -0.39 is 17.6 Å². The third-order valence-corrected chi connectivity index (χ3v) is 2.57. The fourth-order valence-electron chi connectivity index (χ4n) is 1.57. The molecule has 0 aliphatic carbocycles. The molecule has 0 saturated carbocycles. The lowest BCUT2D eigenvalue weighted by Crippen LogP contribution is -2.03. The van der Waals surface area contributed by atoms with Crippen molar-refractivity contribution in [3.05, 3.63) is 53.6 Å². The maximum absolute atomic E-state index is 13.5. The largest absolute Gasteiger partial charge is 0.465 e. The highest BCUT2D eigenvalue weighted by atomic mass is 19.2. The van der Waals surface area contributed by atoms with Crippen LogP contribution in [-0.2, 0) is 4.74 Å². The van der Waals surface area contributed by atoms with Crippen LogP contribution < -0.4 is 10.5 Å². The summed E-state index contributed by atoms with van der Waals surface area (Å²) in [7, 11) is 1.24. The van der Waals surface area contributed by atoms with Gasteiger partial charge < -0.3 is 15.2 Å². The third kappa shape index (κ3) is 2.69. The zero-order valence-corrected chi connectivity index (χ0v) is 10.5. The Morgan fingerprint density at radius 3 is 2.55 bits per heavy atom. The summed E-state index contributed by atoms with van der Waals surface area (Å²) in [4.78, 5) is 11.3. The van der Waals surface area contributed by atoms with Crippen LogP contribution in [0.4, 0.5) is 14.5 Å². The minimum Gasteiger partial charge on any atom is -0.465 e. The van der Waals surface area contributed by atoms with E-state index in [9.17, 15) is 13.6 Å². The van der Waals surface area contributed by atoms with Crippen molar-refractivity contribution in [2.75, 3.05) is 12.8 Å². The van der Waals surface area contributed by atoms with Crippen LogP contribution in [0.2, 0.25) is 0 Å². The maximum Gasteiger partial charge on any atom is 0.337 e. The van der Waals surface area contributed by atoms with E-state index in [4.69, 9.17) is 10.5 Å². The Bertz CT molecular complexity index is 659. The molecule has 2 rings (SSSR count). The number of nitrogen functional groups attached to an aromatic ring is 1. The molecule has 0 aromatic heterocycles. The van der Waals surface area contributed by atoms with E-state index in [1.807, 2.05) is 0 Å². The van der Waals surface area contributed by atoms with E-state index in [1.165, 1.54) is 37.4 Å². The van der Waals surface area contributed by atoms with Crippen LogP contribution >= 0.6 is 0 Å². The van der Waals surface area contributed by atoms with Crippen LogP contribution in [0, 0.1) is 11.6 Å². The minimum absolute atomic E-state index is 0.108. The summed E-state index contributed by atoms with van der Waals surface area (Å²) < 4.78 is 36.3. The van der Waals surface area contributed by atoms with Crippen molar-refractivity contribution in [1.29, 1.82) is 0 Å². The Morgan fingerprint density at radius 2 is 1.90 bits per heavy atom. The lowest BCUT2D eigenvalue weighted by Gasteiger charge is -2.10. The monoisotopic (exact) mass is 279 g/mol. The molecule has 0 fully saturated rings. The first kappa shape index (κ1) is 13.8. The number of rotatable bonds is 3. The molecule has 0 atom stereocenters. The number of anilines is 1. The normalized spacial score (nSPS) is 10.2. The number of methoxy groups -OCH3 is 1. The van der Waals surface area contributed by atoms with Gasteiger partial charge in [0.2, 0.25) is 5.82 Å². The van der Waals surface area contributed by atoms with Gasteiger partial charge in [-0.1, -0.05) is 6.07 Å². The van der Waals surface area contributed by atoms with Gasteiger partial charge >= 0.3 is 5.97 Å². The van der Waals surface area contributed by atoms with Gasteiger partial charge in [0.25, 0.3) is 0 Å². The zero-order chi connectivity index (χ0) is 14.7. The van der Waals surface area contributed by atoms with Crippen LogP contribution in [0.1, 0.15) is 10.4 Å². The quantitative estimate of drug-likeness (QED) is 0.692. The second kappa shape index (κ2) is 5.56. The number of nitrogens with two attached hydrogens (primary N) is 1. The average molecular weight is 279 g/mol. The maximum atomic E-state index is 13.5. The molecule has 0 radical (unpaired) electrons. The van der Waals surface area contributed by atoms with Crippen LogP contribution in [-0.4, -0.2) is 13.1 Å². The van der Waals surface area contributed by atoms with Crippen molar-refractivity contribution < 1.29 is 23.0 Å². The highest BCUT2D eigenvalue weighted by Crippen LogP contribution is 2.30. The number of carbonyl (C=O) groups excluding carboxylic acids is 1. The SMILES string of the molecule is COC(=O)c1ccc(Oc2cccc(F)c2F)c(N)c1. The Morgan fingerprint density at radius 1 is 1.15 bits per heavy atom. The standard InChI is InChI=1S/C14H11F2NO3/c1-19-14(18)8-5-6-11(10(17)7-8)20-12-4-2-3-9(15)13(12)16/h2-7H,17H2,1H3. The van der Waals surface area contributed by atoms with Gasteiger partial charge in [-0.15, -0.1) is 0 Å².